The van der Waals surface area contributed by atoms with Crippen LogP contribution in [0.15, 0.2) is 46.3 Å². The van der Waals surface area contributed by atoms with Crippen LogP contribution in [0.25, 0.3) is 10.9 Å². The van der Waals surface area contributed by atoms with Gasteiger partial charge in [0.05, 0.1) is 29.4 Å². The first-order valence-electron chi connectivity index (χ1n) is 10.8. The van der Waals surface area contributed by atoms with E-state index in [0.29, 0.717) is 13.2 Å². The van der Waals surface area contributed by atoms with Crippen molar-refractivity contribution in [1.82, 2.24) is 20.1 Å². The average Bonchev–Trinajstić information content (AvgIpc) is 3.38. The summed E-state index contributed by atoms with van der Waals surface area (Å²) in [4.78, 5) is 23.5. The number of aryl methyl sites for hydroxylation is 2. The molecule has 2 atom stereocenters. The van der Waals surface area contributed by atoms with E-state index in [1.807, 2.05) is 49.0 Å². The number of rotatable bonds is 5. The lowest BCUT2D eigenvalue weighted by Crippen LogP contribution is -2.56. The SMILES string of the molecule is CCn1cc(CNC(=O)C23OCCCC2C(c2ccc4ncc(Br)cc4c2)=NO3)c(C)n1. The Morgan fingerprint density at radius 3 is 3.06 bits per heavy atom. The largest absolute Gasteiger partial charge is 0.349 e. The Hall–Kier alpha value is -2.78. The number of oxime groups is 1. The number of hydrogen-bond donors (Lipinski definition) is 1. The average molecular weight is 498 g/mol. The smallest absolute Gasteiger partial charge is 0.324 e. The molecule has 9 heteroatoms. The molecule has 1 fully saturated rings. The Kier molecular flexibility index (Phi) is 5.46. The van der Waals surface area contributed by atoms with Gasteiger partial charge >= 0.3 is 5.79 Å². The maximum atomic E-state index is 13.3. The first-order valence-corrected chi connectivity index (χ1v) is 11.6. The Bertz CT molecular complexity index is 1220. The second-order valence-corrected chi connectivity index (χ2v) is 9.03. The van der Waals surface area contributed by atoms with Gasteiger partial charge < -0.3 is 14.9 Å². The highest BCUT2D eigenvalue weighted by molar-refractivity contribution is 9.10. The minimum atomic E-state index is -1.44. The molecule has 3 aromatic rings. The quantitative estimate of drug-likeness (QED) is 0.580. The number of pyridine rings is 1. The van der Waals surface area contributed by atoms with E-state index in [4.69, 9.17) is 9.57 Å². The van der Waals surface area contributed by atoms with Crippen LogP contribution in [0.5, 0.6) is 0 Å². The summed E-state index contributed by atoms with van der Waals surface area (Å²) < 4.78 is 8.73. The summed E-state index contributed by atoms with van der Waals surface area (Å²) in [5.74, 6) is -2.03. The van der Waals surface area contributed by atoms with E-state index in [2.05, 4.69) is 36.5 Å². The third-order valence-electron chi connectivity index (χ3n) is 6.09. The van der Waals surface area contributed by atoms with Crippen molar-refractivity contribution in [3.05, 3.63) is 58.0 Å². The molecule has 0 radical (unpaired) electrons. The molecule has 0 saturated carbocycles. The van der Waals surface area contributed by atoms with Crippen LogP contribution in [0.2, 0.25) is 0 Å². The number of carbonyl (C=O) groups excluding carboxylic acids is 1. The van der Waals surface area contributed by atoms with Crippen molar-refractivity contribution >= 4 is 38.5 Å². The van der Waals surface area contributed by atoms with Crippen LogP contribution >= 0.6 is 15.9 Å². The first-order chi connectivity index (χ1) is 15.5. The lowest BCUT2D eigenvalue weighted by molar-refractivity contribution is -0.247. The van der Waals surface area contributed by atoms with E-state index in [9.17, 15) is 4.79 Å². The van der Waals surface area contributed by atoms with Crippen LogP contribution in [0.1, 0.15) is 36.6 Å². The number of aromatic nitrogens is 3. The molecule has 8 nitrogen and oxygen atoms in total. The molecule has 5 rings (SSSR count). The zero-order chi connectivity index (χ0) is 22.3. The van der Waals surface area contributed by atoms with Crippen molar-refractivity contribution in [3.63, 3.8) is 0 Å². The third-order valence-corrected chi connectivity index (χ3v) is 6.53. The summed E-state index contributed by atoms with van der Waals surface area (Å²) in [7, 11) is 0. The summed E-state index contributed by atoms with van der Waals surface area (Å²) in [5.41, 5.74) is 4.39. The molecule has 1 N–H and O–H groups in total. The highest BCUT2D eigenvalue weighted by atomic mass is 79.9. The molecule has 1 saturated heterocycles. The molecule has 32 heavy (non-hydrogen) atoms. The number of carbonyl (C=O) groups is 1. The van der Waals surface area contributed by atoms with E-state index in [1.54, 1.807) is 6.20 Å². The maximum absolute atomic E-state index is 13.3. The van der Waals surface area contributed by atoms with E-state index >= 15 is 0 Å². The normalized spacial score (nSPS) is 22.3. The molecule has 1 amide bonds. The Labute approximate surface area is 194 Å². The van der Waals surface area contributed by atoms with Gasteiger partial charge in [-0.15, -0.1) is 0 Å². The molecule has 2 unspecified atom stereocenters. The van der Waals surface area contributed by atoms with Crippen molar-refractivity contribution < 1.29 is 14.4 Å². The Morgan fingerprint density at radius 1 is 1.38 bits per heavy atom. The molecular weight excluding hydrogens is 474 g/mol. The molecule has 0 spiro atoms. The van der Waals surface area contributed by atoms with E-state index < -0.39 is 5.79 Å². The second-order valence-electron chi connectivity index (χ2n) is 8.12. The van der Waals surface area contributed by atoms with Gasteiger partial charge in [0, 0.05) is 46.5 Å². The Balaban J connectivity index is 1.39. The molecule has 4 heterocycles. The van der Waals surface area contributed by atoms with Crippen molar-refractivity contribution in [2.24, 2.45) is 11.1 Å². The number of amides is 1. The number of fused-ring (bicyclic) bond motifs is 2. The molecule has 2 aliphatic heterocycles. The Morgan fingerprint density at radius 2 is 2.25 bits per heavy atom. The zero-order valence-corrected chi connectivity index (χ0v) is 19.6. The lowest BCUT2D eigenvalue weighted by Gasteiger charge is -2.35. The van der Waals surface area contributed by atoms with Crippen LogP contribution < -0.4 is 5.32 Å². The van der Waals surface area contributed by atoms with Gasteiger partial charge in [-0.1, -0.05) is 11.2 Å². The van der Waals surface area contributed by atoms with Gasteiger partial charge in [0.15, 0.2) is 0 Å². The van der Waals surface area contributed by atoms with Crippen LogP contribution in [0.3, 0.4) is 0 Å². The van der Waals surface area contributed by atoms with Gasteiger partial charge in [0.2, 0.25) is 0 Å². The molecule has 2 aliphatic rings. The van der Waals surface area contributed by atoms with E-state index in [1.165, 1.54) is 0 Å². The predicted octanol–water partition coefficient (Wildman–Crippen LogP) is 3.70. The minimum Gasteiger partial charge on any atom is -0.349 e. The topological polar surface area (TPSA) is 90.6 Å². The van der Waals surface area contributed by atoms with Gasteiger partial charge in [0.25, 0.3) is 5.91 Å². The summed E-state index contributed by atoms with van der Waals surface area (Å²) in [5, 5.41) is 12.8. The fraction of sp³-hybridized carbons (Fsp3) is 0.391. The summed E-state index contributed by atoms with van der Waals surface area (Å²) in [6.45, 7) is 5.56. The van der Waals surface area contributed by atoms with Crippen LogP contribution in [-0.4, -0.2) is 38.8 Å². The molecule has 166 valence electrons. The minimum absolute atomic E-state index is 0.284. The molecule has 1 aromatic carbocycles. The van der Waals surface area contributed by atoms with Gasteiger partial charge in [-0.05, 0) is 60.8 Å². The van der Waals surface area contributed by atoms with Gasteiger partial charge in [-0.2, -0.15) is 5.10 Å². The third kappa shape index (κ3) is 3.59. The second kappa shape index (κ2) is 8.29. The maximum Gasteiger partial charge on any atom is 0.324 e. The van der Waals surface area contributed by atoms with Crippen LogP contribution in [0.4, 0.5) is 0 Å². The summed E-state index contributed by atoms with van der Waals surface area (Å²) in [6, 6.07) is 7.97. The van der Waals surface area contributed by atoms with Gasteiger partial charge in [-0.25, -0.2) is 0 Å². The highest BCUT2D eigenvalue weighted by Crippen LogP contribution is 2.41. The van der Waals surface area contributed by atoms with E-state index in [0.717, 1.165) is 57.3 Å². The number of halogens is 1. The van der Waals surface area contributed by atoms with Crippen molar-refractivity contribution in [1.29, 1.82) is 0 Å². The lowest BCUT2D eigenvalue weighted by atomic mass is 9.83. The molecule has 0 bridgehead atoms. The standard InChI is InChI=1S/C23H24BrN5O3/c1-3-29-13-17(14(2)27-29)11-26-22(30)23-19(5-4-8-31-23)21(28-32-23)15-6-7-20-16(9-15)10-18(24)12-25-20/h6-7,9-10,12-13,19H,3-5,8,11H2,1-2H3,(H,26,30). The fourth-order valence-electron chi connectivity index (χ4n) is 4.37. The van der Waals surface area contributed by atoms with Crippen LogP contribution in [-0.2, 0) is 27.5 Å². The number of ether oxygens (including phenoxy) is 1. The number of nitrogens with zero attached hydrogens (tertiary/aromatic N) is 4. The predicted molar refractivity (Wildman–Crippen MR) is 123 cm³/mol. The van der Waals surface area contributed by atoms with E-state index in [-0.39, 0.29) is 11.8 Å². The van der Waals surface area contributed by atoms with Crippen LogP contribution in [0, 0.1) is 12.8 Å². The molecule has 0 aliphatic carbocycles. The van der Waals surface area contributed by atoms with Gasteiger partial charge in [-0.3, -0.25) is 14.5 Å². The number of hydrogen-bond acceptors (Lipinski definition) is 6. The monoisotopic (exact) mass is 497 g/mol. The highest BCUT2D eigenvalue weighted by Gasteiger charge is 2.58. The molecular formula is C23H24BrN5O3. The zero-order valence-electron chi connectivity index (χ0n) is 18.0. The summed E-state index contributed by atoms with van der Waals surface area (Å²) >= 11 is 3.47. The summed E-state index contributed by atoms with van der Waals surface area (Å²) in [6.07, 6.45) is 5.32. The number of nitrogens with one attached hydrogen (secondary N) is 1. The van der Waals surface area contributed by atoms with Crippen molar-refractivity contribution in [3.8, 4) is 0 Å². The van der Waals surface area contributed by atoms with Crippen molar-refractivity contribution in [2.45, 2.75) is 45.6 Å². The van der Waals surface area contributed by atoms with Gasteiger partial charge in [0.1, 0.15) is 0 Å². The van der Waals surface area contributed by atoms with Crippen molar-refractivity contribution in [2.75, 3.05) is 6.61 Å². The number of benzene rings is 1. The first kappa shape index (κ1) is 21.1. The fourth-order valence-corrected chi connectivity index (χ4v) is 4.71. The molecule has 2 aromatic heterocycles.